The molecule has 1 aromatic rings. The zero-order chi connectivity index (χ0) is 11.1. The van der Waals surface area contributed by atoms with Gasteiger partial charge in [0, 0.05) is 26.7 Å². The number of rotatable bonds is 7. The number of hydrogen-bond donors (Lipinski definition) is 1. The fraction of sp³-hybridized carbons (Fsp3) is 0.800. The summed E-state index contributed by atoms with van der Waals surface area (Å²) in [6.45, 7) is 4.30. The molecule has 0 aromatic carbocycles. The second-order valence-corrected chi connectivity index (χ2v) is 3.48. The van der Waals surface area contributed by atoms with Crippen molar-refractivity contribution in [2.75, 3.05) is 13.7 Å². The minimum absolute atomic E-state index is 0.456. The van der Waals surface area contributed by atoms with E-state index in [0.29, 0.717) is 6.54 Å². The summed E-state index contributed by atoms with van der Waals surface area (Å²) in [5.74, 6) is 1.90. The Hall–Kier alpha value is -0.940. The lowest BCUT2D eigenvalue weighted by molar-refractivity contribution is 0.194. The zero-order valence-electron chi connectivity index (χ0n) is 9.57. The number of nitrogens with zero attached hydrogens (tertiary/aromatic N) is 3. The number of aryl methyl sites for hydroxylation is 1. The van der Waals surface area contributed by atoms with Crippen LogP contribution in [0.15, 0.2) is 0 Å². The van der Waals surface area contributed by atoms with Gasteiger partial charge in [0.1, 0.15) is 11.6 Å². The Morgan fingerprint density at radius 1 is 1.33 bits per heavy atom. The van der Waals surface area contributed by atoms with Gasteiger partial charge in [-0.3, -0.25) is 0 Å². The number of methoxy groups -OCH3 is 1. The highest BCUT2D eigenvalue weighted by molar-refractivity contribution is 4.95. The van der Waals surface area contributed by atoms with Crippen LogP contribution in [0.5, 0.6) is 0 Å². The highest BCUT2D eigenvalue weighted by Gasteiger charge is 2.09. The van der Waals surface area contributed by atoms with Gasteiger partial charge >= 0.3 is 0 Å². The van der Waals surface area contributed by atoms with E-state index in [0.717, 1.165) is 44.1 Å². The van der Waals surface area contributed by atoms with Gasteiger partial charge in [-0.1, -0.05) is 6.92 Å². The van der Waals surface area contributed by atoms with Crippen molar-refractivity contribution in [2.45, 2.75) is 39.3 Å². The second-order valence-electron chi connectivity index (χ2n) is 3.48. The van der Waals surface area contributed by atoms with Crippen LogP contribution < -0.4 is 5.73 Å². The van der Waals surface area contributed by atoms with Crippen LogP contribution in [0, 0.1) is 0 Å². The highest BCUT2D eigenvalue weighted by atomic mass is 16.5. The Labute approximate surface area is 90.6 Å². The molecule has 0 unspecified atom stereocenters. The Morgan fingerprint density at radius 2 is 2.07 bits per heavy atom. The smallest absolute Gasteiger partial charge is 0.146 e. The molecular formula is C10H20N4O. The maximum atomic E-state index is 5.60. The van der Waals surface area contributed by atoms with Crippen LogP contribution in [0.3, 0.4) is 0 Å². The van der Waals surface area contributed by atoms with Crippen LogP contribution in [-0.2, 0) is 24.2 Å². The fourth-order valence-electron chi connectivity index (χ4n) is 1.56. The van der Waals surface area contributed by atoms with Crippen molar-refractivity contribution in [1.29, 1.82) is 0 Å². The van der Waals surface area contributed by atoms with Crippen molar-refractivity contribution in [1.82, 2.24) is 14.8 Å². The first-order valence-electron chi connectivity index (χ1n) is 5.43. The molecule has 0 aliphatic rings. The summed E-state index contributed by atoms with van der Waals surface area (Å²) in [5, 5.41) is 8.23. The molecular weight excluding hydrogens is 192 g/mol. The zero-order valence-corrected chi connectivity index (χ0v) is 9.57. The molecule has 0 fully saturated rings. The van der Waals surface area contributed by atoms with Gasteiger partial charge in [-0.15, -0.1) is 10.2 Å². The molecule has 86 valence electrons. The van der Waals surface area contributed by atoms with E-state index < -0.39 is 0 Å². The molecule has 0 radical (unpaired) electrons. The summed E-state index contributed by atoms with van der Waals surface area (Å²) in [6, 6.07) is 0. The van der Waals surface area contributed by atoms with Crippen LogP contribution in [0.25, 0.3) is 0 Å². The van der Waals surface area contributed by atoms with E-state index in [-0.39, 0.29) is 0 Å². The molecule has 1 aromatic heterocycles. The largest absolute Gasteiger partial charge is 0.385 e. The van der Waals surface area contributed by atoms with E-state index in [4.69, 9.17) is 10.5 Å². The molecule has 2 N–H and O–H groups in total. The second kappa shape index (κ2) is 6.53. The van der Waals surface area contributed by atoms with Crippen molar-refractivity contribution in [3.8, 4) is 0 Å². The first-order chi connectivity index (χ1) is 7.33. The fourth-order valence-corrected chi connectivity index (χ4v) is 1.56. The van der Waals surface area contributed by atoms with E-state index in [9.17, 15) is 0 Å². The normalized spacial score (nSPS) is 10.9. The summed E-state index contributed by atoms with van der Waals surface area (Å²) >= 11 is 0. The van der Waals surface area contributed by atoms with Crippen molar-refractivity contribution in [3.05, 3.63) is 11.6 Å². The van der Waals surface area contributed by atoms with Crippen LogP contribution in [-0.4, -0.2) is 28.5 Å². The summed E-state index contributed by atoms with van der Waals surface area (Å²) in [4.78, 5) is 0. The van der Waals surface area contributed by atoms with Crippen molar-refractivity contribution < 1.29 is 4.74 Å². The molecule has 5 heteroatoms. The van der Waals surface area contributed by atoms with Crippen molar-refractivity contribution >= 4 is 0 Å². The highest BCUT2D eigenvalue weighted by Crippen LogP contribution is 2.05. The number of aromatic nitrogens is 3. The molecule has 1 heterocycles. The van der Waals surface area contributed by atoms with Crippen LogP contribution in [0.4, 0.5) is 0 Å². The summed E-state index contributed by atoms with van der Waals surface area (Å²) < 4.78 is 7.14. The van der Waals surface area contributed by atoms with Crippen LogP contribution in [0.1, 0.15) is 31.4 Å². The Morgan fingerprint density at radius 3 is 2.67 bits per heavy atom. The summed E-state index contributed by atoms with van der Waals surface area (Å²) in [7, 11) is 1.71. The van der Waals surface area contributed by atoms with Gasteiger partial charge < -0.3 is 15.0 Å². The molecule has 1 rings (SSSR count). The quantitative estimate of drug-likeness (QED) is 0.676. The predicted octanol–water partition coefficient (Wildman–Crippen LogP) is 0.726. The average Bonchev–Trinajstić information content (AvgIpc) is 2.62. The summed E-state index contributed by atoms with van der Waals surface area (Å²) in [5.41, 5.74) is 5.60. The minimum atomic E-state index is 0.456. The van der Waals surface area contributed by atoms with Crippen LogP contribution in [0.2, 0.25) is 0 Å². The van der Waals surface area contributed by atoms with Crippen LogP contribution >= 0.6 is 0 Å². The van der Waals surface area contributed by atoms with E-state index in [1.54, 1.807) is 7.11 Å². The van der Waals surface area contributed by atoms with E-state index in [1.807, 2.05) is 0 Å². The Bertz CT molecular complexity index is 285. The molecule has 0 aliphatic carbocycles. The molecule has 0 atom stereocenters. The third-order valence-electron chi connectivity index (χ3n) is 2.28. The van der Waals surface area contributed by atoms with Gasteiger partial charge in [0.2, 0.25) is 0 Å². The lowest BCUT2D eigenvalue weighted by Crippen LogP contribution is -2.11. The minimum Gasteiger partial charge on any atom is -0.385 e. The third kappa shape index (κ3) is 3.28. The van der Waals surface area contributed by atoms with Crippen molar-refractivity contribution in [3.63, 3.8) is 0 Å². The maximum absolute atomic E-state index is 5.60. The number of ether oxygens (including phenoxy) is 1. The molecule has 15 heavy (non-hydrogen) atoms. The topological polar surface area (TPSA) is 66.0 Å². The Balaban J connectivity index is 2.64. The molecule has 0 saturated heterocycles. The molecule has 0 aliphatic heterocycles. The van der Waals surface area contributed by atoms with Gasteiger partial charge in [0.15, 0.2) is 0 Å². The molecule has 0 spiro atoms. The van der Waals surface area contributed by atoms with Gasteiger partial charge in [0.05, 0.1) is 6.54 Å². The SMILES string of the molecule is CCCn1c(CN)nnc1CCCOC. The van der Waals surface area contributed by atoms with Gasteiger partial charge in [0.25, 0.3) is 0 Å². The average molecular weight is 212 g/mol. The first-order valence-corrected chi connectivity index (χ1v) is 5.43. The number of nitrogens with two attached hydrogens (primary N) is 1. The summed E-state index contributed by atoms with van der Waals surface area (Å²) in [6.07, 6.45) is 2.95. The lowest BCUT2D eigenvalue weighted by atomic mass is 10.3. The van der Waals surface area contributed by atoms with Gasteiger partial charge in [-0.25, -0.2) is 0 Å². The monoisotopic (exact) mass is 212 g/mol. The molecule has 0 bridgehead atoms. The van der Waals surface area contributed by atoms with E-state index in [1.165, 1.54) is 0 Å². The molecule has 0 amide bonds. The molecule has 0 saturated carbocycles. The van der Waals surface area contributed by atoms with E-state index in [2.05, 4.69) is 21.7 Å². The first kappa shape index (κ1) is 12.1. The lowest BCUT2D eigenvalue weighted by Gasteiger charge is -2.07. The van der Waals surface area contributed by atoms with Crippen molar-refractivity contribution in [2.24, 2.45) is 5.73 Å². The maximum Gasteiger partial charge on any atom is 0.146 e. The Kier molecular flexibility index (Phi) is 5.28. The third-order valence-corrected chi connectivity index (χ3v) is 2.28. The van der Waals surface area contributed by atoms with E-state index >= 15 is 0 Å². The molecule has 5 nitrogen and oxygen atoms in total. The van der Waals surface area contributed by atoms with Gasteiger partial charge in [-0.05, 0) is 12.8 Å². The standard InChI is InChI=1S/C10H20N4O/c1-3-6-14-9(5-4-7-15-2)12-13-10(14)8-11/h3-8,11H2,1-2H3. The number of hydrogen-bond acceptors (Lipinski definition) is 4. The van der Waals surface area contributed by atoms with Gasteiger partial charge in [-0.2, -0.15) is 0 Å². The predicted molar refractivity (Wildman–Crippen MR) is 58.4 cm³/mol.